The molecule has 0 radical (unpaired) electrons. The van der Waals surface area contributed by atoms with E-state index in [1.807, 2.05) is 0 Å². The lowest BCUT2D eigenvalue weighted by atomic mass is 9.78. The molecule has 0 atom stereocenters. The molecule has 0 spiro atoms. The van der Waals surface area contributed by atoms with E-state index in [9.17, 15) is 0 Å². The van der Waals surface area contributed by atoms with Crippen molar-refractivity contribution in [3.05, 3.63) is 167 Å². The van der Waals surface area contributed by atoms with Gasteiger partial charge in [0.2, 0.25) is 0 Å². The van der Waals surface area contributed by atoms with Gasteiger partial charge in [0.05, 0.1) is 16.1 Å². The van der Waals surface area contributed by atoms with Crippen molar-refractivity contribution < 1.29 is 0 Å². The summed E-state index contributed by atoms with van der Waals surface area (Å²) in [6.45, 7) is 4.70. The van der Waals surface area contributed by atoms with Crippen molar-refractivity contribution >= 4 is 48.7 Å². The molecular weight excluding hydrogens is 642 g/mol. The van der Waals surface area contributed by atoms with Crippen LogP contribution in [-0.4, -0.2) is 0 Å². The number of anilines is 2. The maximum absolute atomic E-state index is 4.31. The zero-order valence-corrected chi connectivity index (χ0v) is 31.0. The molecule has 4 heteroatoms. The lowest BCUT2D eigenvalue weighted by molar-refractivity contribution is 0.681. The Kier molecular flexibility index (Phi) is 9.85. The number of aryl methyl sites for hydroxylation is 4. The molecule has 2 aliphatic rings. The quantitative estimate of drug-likeness (QED) is 0.148. The van der Waals surface area contributed by atoms with Crippen molar-refractivity contribution in [1.29, 1.82) is 0 Å². The van der Waals surface area contributed by atoms with Gasteiger partial charge in [0.15, 0.2) is 0 Å². The summed E-state index contributed by atoms with van der Waals surface area (Å²) in [6.07, 6.45) is 9.59. The van der Waals surface area contributed by atoms with Crippen LogP contribution in [-0.2, 0) is 25.7 Å². The summed E-state index contributed by atoms with van der Waals surface area (Å²) in [6, 6.07) is 49.4. The van der Waals surface area contributed by atoms with Crippen molar-refractivity contribution in [2.45, 2.75) is 65.2 Å². The molecule has 50 heavy (non-hydrogen) atoms. The largest absolute Gasteiger partial charge is 0.356 e. The van der Waals surface area contributed by atoms with E-state index in [1.165, 1.54) is 80.5 Å². The van der Waals surface area contributed by atoms with E-state index in [1.54, 1.807) is 22.3 Å². The molecule has 0 aromatic heterocycles. The molecule has 6 aromatic rings. The van der Waals surface area contributed by atoms with Crippen LogP contribution in [0.1, 0.15) is 59.1 Å². The summed E-state index contributed by atoms with van der Waals surface area (Å²) in [5.41, 5.74) is 14.5. The Morgan fingerprint density at radius 1 is 0.400 bits per heavy atom. The van der Waals surface area contributed by atoms with Gasteiger partial charge in [-0.3, -0.25) is 0 Å². The molecular formula is C46H46N2P2. The van der Waals surface area contributed by atoms with Crippen molar-refractivity contribution in [1.82, 2.24) is 0 Å². The van der Waals surface area contributed by atoms with E-state index in [0.717, 1.165) is 25.7 Å². The van der Waals surface area contributed by atoms with Crippen molar-refractivity contribution in [3.8, 4) is 11.1 Å². The summed E-state index contributed by atoms with van der Waals surface area (Å²) in [7, 11) is -1.69. The standard InChI is InChI=1S/C46H46N2P2/c1-33-31-35-19-15-17-29-41(35)43(45(33)47-49(37-21-7-3-8-22-37)38-23-9-4-10-24-38)44-42-30-18-16-20-36(42)32-34(2)46(44)48-50(39-25-11-5-12-26-39)40-27-13-6-14-28-40/h3-14,21-28,31-32,47-48H,15-20,29-30H2,1-2H3. The van der Waals surface area contributed by atoms with Crippen LogP contribution >= 0.6 is 16.1 Å². The Labute approximate surface area is 301 Å². The highest BCUT2D eigenvalue weighted by atomic mass is 31.1. The Hall–Kier alpha value is -4.22. The van der Waals surface area contributed by atoms with Crippen molar-refractivity contribution in [3.63, 3.8) is 0 Å². The highest BCUT2D eigenvalue weighted by Crippen LogP contribution is 2.52. The molecule has 2 aliphatic carbocycles. The van der Waals surface area contributed by atoms with Crippen LogP contribution in [0.5, 0.6) is 0 Å². The number of nitrogens with one attached hydrogen (secondary N) is 2. The lowest BCUT2D eigenvalue weighted by Crippen LogP contribution is -2.20. The van der Waals surface area contributed by atoms with Crippen molar-refractivity contribution in [2.75, 3.05) is 10.2 Å². The van der Waals surface area contributed by atoms with Gasteiger partial charge in [-0.05, 0) is 98.6 Å². The monoisotopic (exact) mass is 688 g/mol. The molecule has 0 saturated carbocycles. The van der Waals surface area contributed by atoms with Gasteiger partial charge < -0.3 is 10.2 Å². The maximum atomic E-state index is 4.31. The third-order valence-electron chi connectivity index (χ3n) is 10.4. The summed E-state index contributed by atoms with van der Waals surface area (Å²) < 4.78 is 0. The number of fused-ring (bicyclic) bond motifs is 2. The van der Waals surface area contributed by atoms with Gasteiger partial charge in [-0.1, -0.05) is 133 Å². The fraction of sp³-hybridized carbons (Fsp3) is 0.217. The molecule has 8 rings (SSSR count). The molecule has 0 amide bonds. The van der Waals surface area contributed by atoms with Gasteiger partial charge in [0.1, 0.15) is 0 Å². The Morgan fingerprint density at radius 2 is 0.700 bits per heavy atom. The Bertz CT molecular complexity index is 1850. The zero-order valence-electron chi connectivity index (χ0n) is 29.3. The first-order valence-corrected chi connectivity index (χ1v) is 21.0. The predicted octanol–water partition coefficient (Wildman–Crippen LogP) is 10.6. The second-order valence-corrected chi connectivity index (χ2v) is 17.7. The maximum Gasteiger partial charge on any atom is 0.0523 e. The van der Waals surface area contributed by atoms with Gasteiger partial charge in [-0.2, -0.15) is 0 Å². The molecule has 0 fully saturated rings. The third-order valence-corrected chi connectivity index (χ3v) is 14.6. The summed E-state index contributed by atoms with van der Waals surface area (Å²) in [5.74, 6) is 0. The molecule has 0 heterocycles. The van der Waals surface area contributed by atoms with Gasteiger partial charge in [0, 0.05) is 43.7 Å². The van der Waals surface area contributed by atoms with Crippen LogP contribution in [0.4, 0.5) is 11.4 Å². The molecule has 0 saturated heterocycles. The van der Waals surface area contributed by atoms with E-state index < -0.39 is 16.1 Å². The summed E-state index contributed by atoms with van der Waals surface area (Å²) in [5, 5.41) is 14.0. The molecule has 6 aromatic carbocycles. The predicted molar refractivity (Wildman–Crippen MR) is 220 cm³/mol. The first-order valence-electron chi connectivity index (χ1n) is 18.3. The average molecular weight is 689 g/mol. The van der Waals surface area contributed by atoms with Gasteiger partial charge in [-0.15, -0.1) is 0 Å². The SMILES string of the molecule is Cc1cc2c(c(-c3c4c(cc(C)c3NP(c3ccccc3)c3ccccc3)CCCC4)c1NP(c1ccccc1)c1ccccc1)CCCC2. The smallest absolute Gasteiger partial charge is 0.0523 e. The molecule has 250 valence electrons. The van der Waals surface area contributed by atoms with Gasteiger partial charge >= 0.3 is 0 Å². The van der Waals surface area contributed by atoms with E-state index >= 15 is 0 Å². The number of benzene rings is 6. The number of hydrogen-bond donors (Lipinski definition) is 2. The summed E-state index contributed by atoms with van der Waals surface area (Å²) in [4.78, 5) is 0. The number of hydrogen-bond acceptors (Lipinski definition) is 2. The first kappa shape index (κ1) is 33.0. The molecule has 0 bridgehead atoms. The highest BCUT2D eigenvalue weighted by Gasteiger charge is 2.30. The third kappa shape index (κ3) is 6.65. The normalized spacial score (nSPS) is 13.9. The molecule has 2 N–H and O–H groups in total. The van der Waals surface area contributed by atoms with Crippen LogP contribution in [0, 0.1) is 13.8 Å². The van der Waals surface area contributed by atoms with Crippen LogP contribution in [0.3, 0.4) is 0 Å². The molecule has 0 aliphatic heterocycles. The van der Waals surface area contributed by atoms with Crippen LogP contribution in [0.25, 0.3) is 11.1 Å². The second-order valence-electron chi connectivity index (χ2n) is 13.8. The van der Waals surface area contributed by atoms with E-state index in [0.29, 0.717) is 0 Å². The Balaban J connectivity index is 1.38. The van der Waals surface area contributed by atoms with Gasteiger partial charge in [0.25, 0.3) is 0 Å². The average Bonchev–Trinajstić information content (AvgIpc) is 3.17. The fourth-order valence-electron chi connectivity index (χ4n) is 8.04. The fourth-order valence-corrected chi connectivity index (χ4v) is 12.1. The highest BCUT2D eigenvalue weighted by molar-refractivity contribution is 7.74. The topological polar surface area (TPSA) is 24.1 Å². The molecule has 0 unspecified atom stereocenters. The Morgan fingerprint density at radius 3 is 1.02 bits per heavy atom. The van der Waals surface area contributed by atoms with Gasteiger partial charge in [-0.25, -0.2) is 0 Å². The summed E-state index contributed by atoms with van der Waals surface area (Å²) >= 11 is 0. The minimum atomic E-state index is -0.847. The first-order chi connectivity index (χ1) is 24.7. The van der Waals surface area contributed by atoms with E-state index in [2.05, 4.69) is 157 Å². The van der Waals surface area contributed by atoms with Crippen molar-refractivity contribution in [2.24, 2.45) is 0 Å². The zero-order chi connectivity index (χ0) is 33.9. The lowest BCUT2D eigenvalue weighted by Gasteiger charge is -2.33. The van der Waals surface area contributed by atoms with E-state index in [-0.39, 0.29) is 0 Å². The second kappa shape index (κ2) is 14.9. The number of rotatable bonds is 9. The van der Waals surface area contributed by atoms with Crippen LogP contribution in [0.2, 0.25) is 0 Å². The molecule has 2 nitrogen and oxygen atoms in total. The van der Waals surface area contributed by atoms with Crippen LogP contribution in [0.15, 0.2) is 133 Å². The minimum absolute atomic E-state index is 0.847. The minimum Gasteiger partial charge on any atom is -0.356 e. The van der Waals surface area contributed by atoms with Crippen LogP contribution < -0.4 is 31.4 Å². The van der Waals surface area contributed by atoms with E-state index in [4.69, 9.17) is 0 Å².